The zero-order valence-electron chi connectivity index (χ0n) is 19.5. The van der Waals surface area contributed by atoms with Gasteiger partial charge in [-0.25, -0.2) is 15.0 Å². The number of benzene rings is 1. The fourth-order valence-corrected chi connectivity index (χ4v) is 4.55. The lowest BCUT2D eigenvalue weighted by atomic mass is 9.98. The Morgan fingerprint density at radius 1 is 1.11 bits per heavy atom. The van der Waals surface area contributed by atoms with Crippen molar-refractivity contribution >= 4 is 34.0 Å². The minimum Gasteiger partial charge on any atom is -0.463 e. The maximum absolute atomic E-state index is 12.9. The van der Waals surface area contributed by atoms with Crippen LogP contribution in [0, 0.1) is 5.92 Å². The Bertz CT molecular complexity index is 1120. The summed E-state index contributed by atoms with van der Waals surface area (Å²) in [6.45, 7) is 3.05. The van der Waals surface area contributed by atoms with E-state index in [1.54, 1.807) is 55.2 Å². The zero-order valence-corrected chi connectivity index (χ0v) is 20.3. The number of hydrogen-bond donors (Lipinski definition) is 2. The number of para-hydroxylation sites is 1. The van der Waals surface area contributed by atoms with Crippen LogP contribution in [-0.2, 0) is 4.74 Å². The molecule has 1 fully saturated rings. The maximum Gasteiger partial charge on any atom is 0.316 e. The van der Waals surface area contributed by atoms with Gasteiger partial charge in [0.05, 0.1) is 24.5 Å². The fraction of sp³-hybridized carbons (Fsp3) is 0.375. The monoisotopic (exact) mass is 496 g/mol. The van der Waals surface area contributed by atoms with Crippen molar-refractivity contribution in [2.45, 2.75) is 12.8 Å². The van der Waals surface area contributed by atoms with Crippen LogP contribution in [0.1, 0.15) is 33.7 Å². The second-order valence-corrected chi connectivity index (χ2v) is 8.87. The number of piperidine rings is 1. The highest BCUT2D eigenvalue weighted by atomic mass is 32.1. The lowest BCUT2D eigenvalue weighted by molar-refractivity contribution is 0.0938. The minimum atomic E-state index is -0.351. The number of aromatic nitrogens is 3. The number of carbonyl (C=O) groups excluding carboxylic acids is 2. The van der Waals surface area contributed by atoms with Crippen molar-refractivity contribution in [2.75, 3.05) is 50.2 Å². The molecule has 4 rings (SSSR count). The topological polar surface area (TPSA) is 119 Å². The average molecular weight is 497 g/mol. The third-order valence-electron chi connectivity index (χ3n) is 5.61. The minimum absolute atomic E-state index is 0.275. The lowest BCUT2D eigenvalue weighted by Gasteiger charge is -2.31. The van der Waals surface area contributed by atoms with E-state index in [-0.39, 0.29) is 11.8 Å². The summed E-state index contributed by atoms with van der Waals surface area (Å²) in [4.78, 5) is 40.2. The van der Waals surface area contributed by atoms with E-state index in [2.05, 4.69) is 30.5 Å². The second-order valence-electron chi connectivity index (χ2n) is 8.04. The lowest BCUT2D eigenvalue weighted by Crippen LogP contribution is -2.35. The number of nitrogens with one attached hydrogen (secondary N) is 2. The summed E-state index contributed by atoms with van der Waals surface area (Å²) in [5.41, 5.74) is 1.15. The number of amides is 2. The molecule has 1 aliphatic rings. The first-order chi connectivity index (χ1) is 17.1. The number of methoxy groups -OCH3 is 1. The van der Waals surface area contributed by atoms with Gasteiger partial charge >= 0.3 is 6.01 Å². The van der Waals surface area contributed by atoms with Crippen LogP contribution in [0.5, 0.6) is 6.01 Å². The number of carbonyl (C=O) groups is 2. The molecule has 184 valence electrons. The molecule has 35 heavy (non-hydrogen) atoms. The highest BCUT2D eigenvalue weighted by Crippen LogP contribution is 2.27. The van der Waals surface area contributed by atoms with Crippen molar-refractivity contribution in [3.8, 4) is 6.01 Å². The van der Waals surface area contributed by atoms with Crippen LogP contribution in [0.4, 0.5) is 10.8 Å². The molecule has 0 radical (unpaired) electrons. The maximum atomic E-state index is 12.9. The van der Waals surface area contributed by atoms with Gasteiger partial charge < -0.3 is 25.0 Å². The Balaban J connectivity index is 1.30. The Hall–Kier alpha value is -3.57. The third-order valence-corrected chi connectivity index (χ3v) is 6.51. The van der Waals surface area contributed by atoms with Crippen LogP contribution in [-0.4, -0.2) is 66.7 Å². The molecule has 0 atom stereocenters. The molecule has 10 nitrogen and oxygen atoms in total. The van der Waals surface area contributed by atoms with E-state index >= 15 is 0 Å². The molecule has 1 aromatic carbocycles. The van der Waals surface area contributed by atoms with E-state index in [1.807, 2.05) is 0 Å². The smallest absolute Gasteiger partial charge is 0.316 e. The van der Waals surface area contributed by atoms with Crippen LogP contribution in [0.2, 0.25) is 0 Å². The molecular weight excluding hydrogens is 468 g/mol. The summed E-state index contributed by atoms with van der Waals surface area (Å²) in [5.74, 6) is -0.206. The average Bonchev–Trinajstić information content (AvgIpc) is 3.39. The Labute approximate surface area is 207 Å². The summed E-state index contributed by atoms with van der Waals surface area (Å²) in [5, 5.41) is 8.15. The molecule has 1 aliphatic heterocycles. The van der Waals surface area contributed by atoms with Gasteiger partial charge in [0.2, 0.25) is 0 Å². The van der Waals surface area contributed by atoms with Gasteiger partial charge in [-0.05, 0) is 37.0 Å². The van der Waals surface area contributed by atoms with E-state index in [0.717, 1.165) is 31.1 Å². The summed E-state index contributed by atoms with van der Waals surface area (Å²) >= 11 is 1.44. The molecule has 1 saturated heterocycles. The molecule has 3 heterocycles. The third kappa shape index (κ3) is 6.74. The van der Waals surface area contributed by atoms with Gasteiger partial charge in [-0.1, -0.05) is 12.1 Å². The van der Waals surface area contributed by atoms with Crippen molar-refractivity contribution < 1.29 is 19.1 Å². The normalized spacial score (nSPS) is 13.9. The van der Waals surface area contributed by atoms with Crippen LogP contribution in [0.3, 0.4) is 0 Å². The van der Waals surface area contributed by atoms with Gasteiger partial charge in [0.15, 0.2) is 5.13 Å². The van der Waals surface area contributed by atoms with E-state index in [4.69, 9.17) is 9.47 Å². The molecule has 2 N–H and O–H groups in total. The Kier molecular flexibility index (Phi) is 8.58. The van der Waals surface area contributed by atoms with Crippen molar-refractivity contribution in [1.82, 2.24) is 20.3 Å². The number of hydrogen-bond acceptors (Lipinski definition) is 9. The Morgan fingerprint density at radius 2 is 1.89 bits per heavy atom. The Morgan fingerprint density at radius 3 is 2.66 bits per heavy atom. The van der Waals surface area contributed by atoms with Crippen molar-refractivity contribution in [2.24, 2.45) is 5.92 Å². The van der Waals surface area contributed by atoms with Gasteiger partial charge in [-0.2, -0.15) is 0 Å². The van der Waals surface area contributed by atoms with Crippen LogP contribution >= 0.6 is 11.3 Å². The van der Waals surface area contributed by atoms with Crippen molar-refractivity contribution in [1.29, 1.82) is 0 Å². The predicted octanol–water partition coefficient (Wildman–Crippen LogP) is 2.86. The molecule has 0 saturated carbocycles. The fourth-order valence-electron chi connectivity index (χ4n) is 3.70. The molecule has 3 aromatic rings. The molecule has 0 unspecified atom stereocenters. The number of anilines is 2. The molecule has 0 spiro atoms. The van der Waals surface area contributed by atoms with E-state index in [1.165, 1.54) is 11.3 Å². The highest BCUT2D eigenvalue weighted by Gasteiger charge is 2.23. The summed E-state index contributed by atoms with van der Waals surface area (Å²) in [6, 6.07) is 9.05. The largest absolute Gasteiger partial charge is 0.463 e. The van der Waals surface area contributed by atoms with E-state index in [0.29, 0.717) is 48.6 Å². The van der Waals surface area contributed by atoms with Gasteiger partial charge in [0.1, 0.15) is 5.69 Å². The molecule has 2 amide bonds. The SMILES string of the molecule is COCCNC(=O)c1ccccc1NC(=O)c1csc(N2CCC(COc3ncccn3)CC2)n1. The highest BCUT2D eigenvalue weighted by molar-refractivity contribution is 7.14. The van der Waals surface area contributed by atoms with Crippen LogP contribution in [0.15, 0.2) is 48.1 Å². The van der Waals surface area contributed by atoms with Gasteiger partial charge in [0.25, 0.3) is 11.8 Å². The quantitative estimate of drug-likeness (QED) is 0.412. The summed E-state index contributed by atoms with van der Waals surface area (Å²) < 4.78 is 10.7. The first-order valence-electron chi connectivity index (χ1n) is 11.4. The van der Waals surface area contributed by atoms with Gasteiger partial charge in [-0.15, -0.1) is 11.3 Å². The van der Waals surface area contributed by atoms with Crippen molar-refractivity contribution in [3.63, 3.8) is 0 Å². The molecular formula is C24H28N6O4S. The number of nitrogens with zero attached hydrogens (tertiary/aromatic N) is 4. The summed E-state index contributed by atoms with van der Waals surface area (Å²) in [7, 11) is 1.57. The van der Waals surface area contributed by atoms with E-state index < -0.39 is 0 Å². The molecule has 0 aliphatic carbocycles. The summed E-state index contributed by atoms with van der Waals surface area (Å²) in [6.07, 6.45) is 5.24. The number of ether oxygens (including phenoxy) is 2. The van der Waals surface area contributed by atoms with Gasteiger partial charge in [-0.3, -0.25) is 9.59 Å². The predicted molar refractivity (Wildman–Crippen MR) is 133 cm³/mol. The molecule has 0 bridgehead atoms. The number of thiazole rings is 1. The molecule has 2 aromatic heterocycles. The second kappa shape index (κ2) is 12.2. The van der Waals surface area contributed by atoms with Crippen LogP contribution < -0.4 is 20.3 Å². The van der Waals surface area contributed by atoms with Crippen molar-refractivity contribution in [3.05, 3.63) is 59.4 Å². The first kappa shape index (κ1) is 24.6. The first-order valence-corrected chi connectivity index (χ1v) is 12.3. The van der Waals surface area contributed by atoms with Crippen LogP contribution in [0.25, 0.3) is 0 Å². The zero-order chi connectivity index (χ0) is 24.5. The standard InChI is InChI=1S/C24H28N6O4S/c1-33-14-11-25-21(31)18-5-2-3-6-19(18)28-22(32)20-16-35-24(29-20)30-12-7-17(8-13-30)15-34-23-26-9-4-10-27-23/h2-6,9-10,16-17H,7-8,11-15H2,1H3,(H,25,31)(H,28,32). The van der Waals surface area contributed by atoms with E-state index in [9.17, 15) is 9.59 Å². The van der Waals surface area contributed by atoms with Gasteiger partial charge in [0, 0.05) is 44.5 Å². The molecule has 11 heteroatoms. The number of rotatable bonds is 10.